The van der Waals surface area contributed by atoms with Gasteiger partial charge in [0.05, 0.1) is 13.0 Å². The van der Waals surface area contributed by atoms with Crippen LogP contribution in [0.3, 0.4) is 0 Å². The Morgan fingerprint density at radius 1 is 0.886 bits per heavy atom. The Kier molecular flexibility index (Phi) is 8.69. The lowest BCUT2D eigenvalue weighted by Crippen LogP contribution is -2.48. The number of carbonyl (C=O) groups excluding carboxylic acids is 2. The smallest absolute Gasteiger partial charge is 0.242 e. The van der Waals surface area contributed by atoms with Gasteiger partial charge in [-0.25, -0.2) is 4.39 Å². The molecule has 1 aromatic heterocycles. The van der Waals surface area contributed by atoms with Gasteiger partial charge in [-0.15, -0.1) is 11.3 Å². The molecule has 0 aliphatic heterocycles. The molecule has 0 N–H and O–H groups in total. The molecule has 6 heteroatoms. The lowest BCUT2D eigenvalue weighted by Gasteiger charge is -2.35. The average molecular weight is 493 g/mol. The maximum Gasteiger partial charge on any atom is 0.242 e. The van der Waals surface area contributed by atoms with Crippen molar-refractivity contribution in [1.82, 2.24) is 9.80 Å². The molecule has 2 aromatic carbocycles. The number of amides is 2. The van der Waals surface area contributed by atoms with E-state index in [0.29, 0.717) is 13.1 Å². The van der Waals surface area contributed by atoms with Crippen LogP contribution >= 0.6 is 11.3 Å². The quantitative estimate of drug-likeness (QED) is 0.361. The number of aryl methyl sites for hydroxylation is 1. The average Bonchev–Trinajstić information content (AvgIpc) is 3.28. The van der Waals surface area contributed by atoms with E-state index in [2.05, 4.69) is 18.4 Å². The maximum absolute atomic E-state index is 13.7. The van der Waals surface area contributed by atoms with Gasteiger partial charge in [-0.3, -0.25) is 9.59 Å². The highest BCUT2D eigenvalue weighted by Gasteiger charge is 2.29. The number of rotatable bonds is 9. The molecule has 0 bridgehead atoms. The standard InChI is InChI=1S/C29H33FN2O2S/c1-22-16-17-35-27(22)20-31(19-24-8-4-2-5-9-24)29(34)21-32(26-10-6-3-7-11-26)28(33)18-23-12-14-25(30)15-13-23/h2,4-5,8-9,12-17,26H,3,6-7,10-11,18-21H2,1H3. The molecule has 35 heavy (non-hydrogen) atoms. The predicted octanol–water partition coefficient (Wildman–Crippen LogP) is 6.13. The van der Waals surface area contributed by atoms with Crippen molar-refractivity contribution in [2.45, 2.75) is 64.6 Å². The number of hydrogen-bond donors (Lipinski definition) is 0. The summed E-state index contributed by atoms with van der Waals surface area (Å²) in [4.78, 5) is 32.0. The third-order valence-electron chi connectivity index (χ3n) is 6.78. The molecule has 0 unspecified atom stereocenters. The van der Waals surface area contributed by atoms with Crippen molar-refractivity contribution < 1.29 is 14.0 Å². The van der Waals surface area contributed by atoms with Gasteiger partial charge in [0.15, 0.2) is 0 Å². The second-order valence-electron chi connectivity index (χ2n) is 9.38. The van der Waals surface area contributed by atoms with Crippen LogP contribution in [0.2, 0.25) is 0 Å². The fourth-order valence-corrected chi connectivity index (χ4v) is 5.63. The Bertz CT molecular complexity index is 1110. The molecule has 0 saturated heterocycles. The van der Waals surface area contributed by atoms with Crippen molar-refractivity contribution in [3.05, 3.63) is 93.4 Å². The summed E-state index contributed by atoms with van der Waals surface area (Å²) in [5, 5.41) is 2.05. The van der Waals surface area contributed by atoms with Crippen LogP contribution < -0.4 is 0 Å². The van der Waals surface area contributed by atoms with Crippen LogP contribution in [-0.2, 0) is 29.1 Å². The first kappa shape index (κ1) is 25.1. The lowest BCUT2D eigenvalue weighted by atomic mass is 9.93. The number of hydrogen-bond acceptors (Lipinski definition) is 3. The van der Waals surface area contributed by atoms with Crippen LogP contribution in [0.25, 0.3) is 0 Å². The topological polar surface area (TPSA) is 40.6 Å². The second-order valence-corrected chi connectivity index (χ2v) is 10.4. The molecule has 4 rings (SSSR count). The summed E-state index contributed by atoms with van der Waals surface area (Å²) in [7, 11) is 0. The monoisotopic (exact) mass is 492 g/mol. The van der Waals surface area contributed by atoms with Crippen molar-refractivity contribution in [2.24, 2.45) is 0 Å². The van der Waals surface area contributed by atoms with Crippen molar-refractivity contribution in [3.63, 3.8) is 0 Å². The minimum atomic E-state index is -0.319. The molecule has 4 nitrogen and oxygen atoms in total. The van der Waals surface area contributed by atoms with Crippen LogP contribution in [0, 0.1) is 12.7 Å². The molecule has 1 saturated carbocycles. The van der Waals surface area contributed by atoms with Gasteiger partial charge >= 0.3 is 0 Å². The molecular weight excluding hydrogens is 459 g/mol. The molecular formula is C29H33FN2O2S. The first-order valence-corrected chi connectivity index (χ1v) is 13.3. The van der Waals surface area contributed by atoms with E-state index in [1.54, 1.807) is 28.4 Å². The predicted molar refractivity (Wildman–Crippen MR) is 138 cm³/mol. The molecule has 1 fully saturated rings. The van der Waals surface area contributed by atoms with Crippen LogP contribution in [0.4, 0.5) is 4.39 Å². The SMILES string of the molecule is Cc1ccsc1CN(Cc1ccccc1)C(=O)CN(C(=O)Cc1ccc(F)cc1)C1CCCCC1. The van der Waals surface area contributed by atoms with Gasteiger partial charge in [-0.2, -0.15) is 0 Å². The number of halogens is 1. The highest BCUT2D eigenvalue weighted by molar-refractivity contribution is 7.10. The van der Waals surface area contributed by atoms with Gasteiger partial charge in [-0.05, 0) is 60.0 Å². The molecule has 1 aliphatic carbocycles. The summed E-state index contributed by atoms with van der Waals surface area (Å²) < 4.78 is 13.4. The molecule has 0 spiro atoms. The summed E-state index contributed by atoms with van der Waals surface area (Å²) in [5.74, 6) is -0.426. The first-order valence-electron chi connectivity index (χ1n) is 12.4. The van der Waals surface area contributed by atoms with Gasteiger partial charge in [0.25, 0.3) is 0 Å². The van der Waals surface area contributed by atoms with E-state index in [0.717, 1.165) is 41.7 Å². The zero-order valence-corrected chi connectivity index (χ0v) is 21.1. The molecule has 1 aliphatic rings. The molecule has 1 heterocycles. The largest absolute Gasteiger partial charge is 0.332 e. The first-order chi connectivity index (χ1) is 17.0. The number of carbonyl (C=O) groups is 2. The zero-order chi connectivity index (χ0) is 24.6. The minimum absolute atomic E-state index is 0.0420. The van der Waals surface area contributed by atoms with Gasteiger partial charge in [0.2, 0.25) is 11.8 Å². The molecule has 184 valence electrons. The Morgan fingerprint density at radius 3 is 2.26 bits per heavy atom. The van der Waals surface area contributed by atoms with E-state index in [-0.39, 0.29) is 36.6 Å². The Morgan fingerprint density at radius 2 is 1.60 bits per heavy atom. The second kappa shape index (κ2) is 12.1. The summed E-state index contributed by atoms with van der Waals surface area (Å²) in [6.45, 7) is 3.17. The zero-order valence-electron chi connectivity index (χ0n) is 20.3. The van der Waals surface area contributed by atoms with E-state index in [1.165, 1.54) is 24.1 Å². The maximum atomic E-state index is 13.7. The van der Waals surface area contributed by atoms with Crippen molar-refractivity contribution in [1.29, 1.82) is 0 Å². The minimum Gasteiger partial charge on any atom is -0.332 e. The highest BCUT2D eigenvalue weighted by atomic mass is 32.1. The lowest BCUT2D eigenvalue weighted by molar-refractivity contribution is -0.143. The normalized spacial score (nSPS) is 14.0. The third kappa shape index (κ3) is 7.01. The van der Waals surface area contributed by atoms with Crippen molar-refractivity contribution in [2.75, 3.05) is 6.54 Å². The third-order valence-corrected chi connectivity index (χ3v) is 7.79. The van der Waals surface area contributed by atoms with Gasteiger partial charge in [0.1, 0.15) is 12.4 Å². The van der Waals surface area contributed by atoms with E-state index in [9.17, 15) is 14.0 Å². The summed E-state index contributed by atoms with van der Waals surface area (Å²) in [5.41, 5.74) is 3.01. The Labute approximate surface area is 211 Å². The summed E-state index contributed by atoms with van der Waals surface area (Å²) >= 11 is 1.66. The van der Waals surface area contributed by atoms with Crippen LogP contribution in [0.5, 0.6) is 0 Å². The van der Waals surface area contributed by atoms with Crippen LogP contribution in [0.15, 0.2) is 66.0 Å². The fraction of sp³-hybridized carbons (Fsp3) is 0.379. The summed E-state index contributed by atoms with van der Waals surface area (Å²) in [6, 6.07) is 18.2. The highest BCUT2D eigenvalue weighted by Crippen LogP contribution is 2.25. The van der Waals surface area contributed by atoms with Gasteiger partial charge in [-0.1, -0.05) is 61.7 Å². The van der Waals surface area contributed by atoms with Crippen molar-refractivity contribution >= 4 is 23.2 Å². The van der Waals surface area contributed by atoms with E-state index in [4.69, 9.17) is 0 Å². The van der Waals surface area contributed by atoms with Crippen LogP contribution in [-0.4, -0.2) is 34.2 Å². The summed E-state index contributed by atoms with van der Waals surface area (Å²) in [6.07, 6.45) is 5.33. The fourth-order valence-electron chi connectivity index (χ4n) is 4.71. The Balaban J connectivity index is 1.54. The van der Waals surface area contributed by atoms with E-state index >= 15 is 0 Å². The van der Waals surface area contributed by atoms with Crippen LogP contribution in [0.1, 0.15) is 53.7 Å². The molecule has 3 aromatic rings. The van der Waals surface area contributed by atoms with Gasteiger partial charge in [0, 0.05) is 17.5 Å². The molecule has 0 atom stereocenters. The van der Waals surface area contributed by atoms with E-state index in [1.807, 2.05) is 35.2 Å². The Hall–Kier alpha value is -2.99. The molecule has 2 amide bonds. The number of thiophene rings is 1. The molecule has 0 radical (unpaired) electrons. The van der Waals surface area contributed by atoms with E-state index < -0.39 is 0 Å². The number of nitrogens with zero attached hydrogens (tertiary/aromatic N) is 2. The number of benzene rings is 2. The van der Waals surface area contributed by atoms with Crippen molar-refractivity contribution in [3.8, 4) is 0 Å². The van der Waals surface area contributed by atoms with Gasteiger partial charge < -0.3 is 9.80 Å².